The lowest BCUT2D eigenvalue weighted by atomic mass is 9.97. The average Bonchev–Trinajstić information content (AvgIpc) is 3.41. The molecule has 0 saturated carbocycles. The van der Waals surface area contributed by atoms with Gasteiger partial charge in [0, 0.05) is 12.1 Å². The highest BCUT2D eigenvalue weighted by molar-refractivity contribution is 7.95. The van der Waals surface area contributed by atoms with Crippen LogP contribution in [-0.2, 0) is 0 Å². The van der Waals surface area contributed by atoms with Crippen LogP contribution in [0.5, 0.6) is 0 Å². The summed E-state index contributed by atoms with van der Waals surface area (Å²) in [7, 11) is 0. The van der Waals surface area contributed by atoms with E-state index in [1.807, 2.05) is 24.7 Å². The molecule has 2 heterocycles. The first-order valence-corrected chi connectivity index (χ1v) is 11.6. The van der Waals surface area contributed by atoms with Crippen LogP contribution >= 0.6 is 12.1 Å². The molecule has 1 aliphatic heterocycles. The molecule has 7 heteroatoms. The highest BCUT2D eigenvalue weighted by Crippen LogP contribution is 2.41. The van der Waals surface area contributed by atoms with Crippen molar-refractivity contribution in [3.63, 3.8) is 0 Å². The number of benzene rings is 1. The van der Waals surface area contributed by atoms with E-state index in [-0.39, 0.29) is 12.1 Å². The Balaban J connectivity index is 0.00000132. The Kier molecular flexibility index (Phi) is 8.97. The van der Waals surface area contributed by atoms with E-state index in [4.69, 9.17) is 0 Å². The van der Waals surface area contributed by atoms with Crippen molar-refractivity contribution in [1.82, 2.24) is 18.7 Å². The Morgan fingerprint density at radius 2 is 2.10 bits per heavy atom. The molecule has 0 saturated heterocycles. The lowest BCUT2D eigenvalue weighted by molar-refractivity contribution is 0.0565. The topological polar surface area (TPSA) is 73.6 Å². The minimum absolute atomic E-state index is 0.159. The van der Waals surface area contributed by atoms with E-state index in [1.54, 1.807) is 0 Å². The third-order valence-electron chi connectivity index (χ3n) is 5.51. The van der Waals surface area contributed by atoms with Crippen molar-refractivity contribution in [1.29, 1.82) is 0 Å². The Bertz CT molecular complexity index is 895. The molecule has 2 aromatic rings. The van der Waals surface area contributed by atoms with Crippen molar-refractivity contribution >= 4 is 12.1 Å². The van der Waals surface area contributed by atoms with Crippen LogP contribution in [0.15, 0.2) is 73.9 Å². The lowest BCUT2D eigenvalue weighted by Gasteiger charge is -2.19. The lowest BCUT2D eigenvalue weighted by Crippen LogP contribution is -2.19. The molecule has 3 N–H and O–H groups in total. The number of hydrogen-bond donors (Lipinski definition) is 3. The van der Waals surface area contributed by atoms with Gasteiger partial charge in [0.2, 0.25) is 0 Å². The molecule has 166 valence electrons. The minimum Gasteiger partial charge on any atom is -0.393 e. The van der Waals surface area contributed by atoms with Gasteiger partial charge in [-0.15, -0.1) is 13.2 Å². The number of allylic oxidation sites excluding steroid dienone is 3. The number of nitrogens with zero attached hydrogens (tertiary/aromatic N) is 3. The maximum absolute atomic E-state index is 10.6. The van der Waals surface area contributed by atoms with Gasteiger partial charge >= 0.3 is 0 Å². The Labute approximate surface area is 189 Å². The molecule has 0 amide bonds. The van der Waals surface area contributed by atoms with Crippen LogP contribution in [-0.4, -0.2) is 37.0 Å². The third-order valence-corrected chi connectivity index (χ3v) is 6.22. The Morgan fingerprint density at radius 3 is 2.90 bits per heavy atom. The number of imidazole rings is 1. The fourth-order valence-electron chi connectivity index (χ4n) is 4.03. The van der Waals surface area contributed by atoms with Gasteiger partial charge in [0.05, 0.1) is 48.2 Å². The average molecular weight is 441 g/mol. The van der Waals surface area contributed by atoms with Gasteiger partial charge in [0.1, 0.15) is 0 Å². The van der Waals surface area contributed by atoms with Gasteiger partial charge in [-0.3, -0.25) is 5.21 Å². The van der Waals surface area contributed by atoms with Crippen molar-refractivity contribution in [2.75, 3.05) is 6.54 Å². The van der Waals surface area contributed by atoms with Gasteiger partial charge in [-0.05, 0) is 50.2 Å². The quantitative estimate of drug-likeness (QED) is 0.203. The van der Waals surface area contributed by atoms with Crippen LogP contribution in [0.25, 0.3) is 11.3 Å². The maximum Gasteiger partial charge on any atom is 0.0956 e. The molecular weight excluding hydrogens is 408 g/mol. The van der Waals surface area contributed by atoms with E-state index in [9.17, 15) is 10.3 Å². The van der Waals surface area contributed by atoms with E-state index in [0.717, 1.165) is 50.0 Å². The zero-order valence-electron chi connectivity index (χ0n) is 17.9. The number of unbranched alkanes of at least 4 members (excludes halogenated alkanes) is 1. The van der Waals surface area contributed by atoms with E-state index in [0.29, 0.717) is 6.42 Å². The first-order valence-electron chi connectivity index (χ1n) is 10.8. The largest absolute Gasteiger partial charge is 0.393 e. The van der Waals surface area contributed by atoms with Crippen molar-refractivity contribution in [3.8, 4) is 11.3 Å². The fraction of sp³-hybridized carbons (Fsp3) is 0.375. The molecule has 1 aliphatic carbocycles. The molecule has 1 aromatic heterocycles. The standard InChI is InChI=1S/C22H28N4O2S.C2H4/c27-18(10-6-7-13-24-29-26(28)17-8-2-1-3-9-17)14-21-19-11-4-5-12-20(19)22-15-23-16-25(21)22;1-2/h2,4-5,8-9,11-12,15-16,18,21,24,27-28H,1,3,6-7,10,13-14H2;1-2H2. The first kappa shape index (κ1) is 23.3. The summed E-state index contributed by atoms with van der Waals surface area (Å²) < 4.78 is 6.52. The van der Waals surface area contributed by atoms with E-state index < -0.39 is 0 Å². The highest BCUT2D eigenvalue weighted by Gasteiger charge is 2.29. The number of aliphatic hydroxyl groups excluding tert-OH is 1. The van der Waals surface area contributed by atoms with E-state index >= 15 is 0 Å². The van der Waals surface area contributed by atoms with Crippen LogP contribution < -0.4 is 4.72 Å². The van der Waals surface area contributed by atoms with Crippen molar-refractivity contribution < 1.29 is 10.3 Å². The van der Waals surface area contributed by atoms with Gasteiger partial charge in [-0.1, -0.05) is 36.4 Å². The second-order valence-electron chi connectivity index (χ2n) is 7.54. The van der Waals surface area contributed by atoms with Gasteiger partial charge in [-0.2, -0.15) is 4.47 Å². The highest BCUT2D eigenvalue weighted by atomic mass is 32.2. The summed E-state index contributed by atoms with van der Waals surface area (Å²) in [5.74, 6) is 0. The smallest absolute Gasteiger partial charge is 0.0956 e. The van der Waals surface area contributed by atoms with Crippen molar-refractivity contribution in [2.24, 2.45) is 0 Å². The van der Waals surface area contributed by atoms with Gasteiger partial charge in [0.25, 0.3) is 0 Å². The maximum atomic E-state index is 10.6. The molecule has 4 rings (SSSR count). The molecule has 0 fully saturated rings. The van der Waals surface area contributed by atoms with E-state index in [2.05, 4.69) is 57.8 Å². The summed E-state index contributed by atoms with van der Waals surface area (Å²) in [4.78, 5) is 4.28. The van der Waals surface area contributed by atoms with Crippen molar-refractivity contribution in [2.45, 2.75) is 50.7 Å². The van der Waals surface area contributed by atoms with Gasteiger partial charge in [-0.25, -0.2) is 9.71 Å². The summed E-state index contributed by atoms with van der Waals surface area (Å²) >= 11 is 1.20. The summed E-state index contributed by atoms with van der Waals surface area (Å²) in [6, 6.07) is 8.55. The van der Waals surface area contributed by atoms with Crippen molar-refractivity contribution in [3.05, 3.63) is 79.4 Å². The van der Waals surface area contributed by atoms with Crippen LogP contribution in [0.3, 0.4) is 0 Å². The number of hydroxylamine groups is 1. The molecule has 6 nitrogen and oxygen atoms in total. The van der Waals surface area contributed by atoms with Crippen LogP contribution in [0.1, 0.15) is 50.1 Å². The van der Waals surface area contributed by atoms with E-state index in [1.165, 1.54) is 27.7 Å². The molecule has 0 radical (unpaired) electrons. The predicted molar refractivity (Wildman–Crippen MR) is 127 cm³/mol. The Morgan fingerprint density at radius 1 is 1.26 bits per heavy atom. The first-order chi connectivity index (χ1) is 15.2. The summed E-state index contributed by atoms with van der Waals surface area (Å²) in [5, 5.41) is 20.6. The van der Waals surface area contributed by atoms with Crippen LogP contribution in [0.2, 0.25) is 0 Å². The Hall–Kier alpha value is -2.32. The third kappa shape index (κ3) is 5.89. The summed E-state index contributed by atoms with van der Waals surface area (Å²) in [5.41, 5.74) is 4.45. The summed E-state index contributed by atoms with van der Waals surface area (Å²) in [6.07, 6.45) is 14.8. The summed E-state index contributed by atoms with van der Waals surface area (Å²) in [6.45, 7) is 6.78. The zero-order chi connectivity index (χ0) is 22.1. The fourth-order valence-corrected chi connectivity index (χ4v) is 4.63. The van der Waals surface area contributed by atoms with Gasteiger partial charge in [0.15, 0.2) is 0 Å². The monoisotopic (exact) mass is 440 g/mol. The SMILES string of the molecule is C=C.OC(CCCCNSN(O)C1=CCCC=C1)CC1c2ccccc2-c2cncn21. The second-order valence-corrected chi connectivity index (χ2v) is 8.36. The number of fused-ring (bicyclic) bond motifs is 3. The molecule has 0 spiro atoms. The molecule has 0 bridgehead atoms. The van der Waals surface area contributed by atoms with Gasteiger partial charge < -0.3 is 9.67 Å². The molecular formula is C24H32N4O2S. The van der Waals surface area contributed by atoms with Crippen LogP contribution in [0.4, 0.5) is 0 Å². The minimum atomic E-state index is -0.346. The molecule has 2 atom stereocenters. The molecule has 1 aromatic carbocycles. The molecule has 31 heavy (non-hydrogen) atoms. The second kappa shape index (κ2) is 11.9. The molecule has 2 aliphatic rings. The van der Waals surface area contributed by atoms with Crippen LogP contribution in [0, 0.1) is 0 Å². The zero-order valence-corrected chi connectivity index (χ0v) is 18.7. The number of aliphatic hydroxyl groups is 1. The number of hydrogen-bond acceptors (Lipinski definition) is 6. The number of nitrogens with one attached hydrogen (secondary N) is 1. The number of aromatic nitrogens is 2. The normalized spacial score (nSPS) is 17.2. The molecule has 2 unspecified atom stereocenters. The number of rotatable bonds is 10. The predicted octanol–water partition coefficient (Wildman–Crippen LogP) is 5.25.